The van der Waals surface area contributed by atoms with Crippen molar-refractivity contribution in [1.29, 1.82) is 0 Å². The molecule has 0 spiro atoms. The van der Waals surface area contributed by atoms with Crippen molar-refractivity contribution in [1.82, 2.24) is 4.57 Å². The zero-order valence-corrected chi connectivity index (χ0v) is 14.4. The molecular formula is C21H16N2O3. The Morgan fingerprint density at radius 1 is 1.12 bits per heavy atom. The number of aryl methyl sites for hydroxylation is 1. The zero-order chi connectivity index (χ0) is 18.3. The molecule has 3 aromatic rings. The summed E-state index contributed by atoms with van der Waals surface area (Å²) >= 11 is 0. The van der Waals surface area contributed by atoms with Crippen LogP contribution in [0.5, 0.6) is 0 Å². The molecule has 1 aromatic heterocycles. The summed E-state index contributed by atoms with van der Waals surface area (Å²) in [5, 5.41) is 0.920. The van der Waals surface area contributed by atoms with Crippen molar-refractivity contribution in [2.45, 2.75) is 13.8 Å². The van der Waals surface area contributed by atoms with Gasteiger partial charge < -0.3 is 4.74 Å². The summed E-state index contributed by atoms with van der Waals surface area (Å²) < 4.78 is 6.86. The van der Waals surface area contributed by atoms with Crippen LogP contribution in [0.25, 0.3) is 17.0 Å². The first-order chi connectivity index (χ1) is 12.5. The van der Waals surface area contributed by atoms with Crippen LogP contribution in [-0.4, -0.2) is 22.3 Å². The van der Waals surface area contributed by atoms with Gasteiger partial charge in [-0.25, -0.2) is 9.79 Å². The number of hydrogen-bond donors (Lipinski definition) is 0. The lowest BCUT2D eigenvalue weighted by molar-refractivity contribution is -0.129. The third kappa shape index (κ3) is 2.73. The molecule has 2 heterocycles. The van der Waals surface area contributed by atoms with Gasteiger partial charge >= 0.3 is 5.97 Å². The van der Waals surface area contributed by atoms with E-state index in [1.807, 2.05) is 61.5 Å². The average molecular weight is 344 g/mol. The van der Waals surface area contributed by atoms with Gasteiger partial charge in [0.2, 0.25) is 11.8 Å². The second kappa shape index (κ2) is 6.11. The number of aliphatic imine (C=N–C) groups is 1. The summed E-state index contributed by atoms with van der Waals surface area (Å²) in [6.45, 7) is 3.47. The van der Waals surface area contributed by atoms with Gasteiger partial charge in [-0.15, -0.1) is 0 Å². The number of para-hydroxylation sites is 1. The number of ether oxygens (including phenoxy) is 1. The molecule has 0 radical (unpaired) electrons. The normalized spacial score (nSPS) is 15.4. The van der Waals surface area contributed by atoms with Crippen LogP contribution < -0.4 is 0 Å². The van der Waals surface area contributed by atoms with Crippen molar-refractivity contribution in [3.05, 3.63) is 77.1 Å². The van der Waals surface area contributed by atoms with E-state index in [1.165, 1.54) is 6.92 Å². The minimum atomic E-state index is -0.527. The van der Waals surface area contributed by atoms with E-state index in [-0.39, 0.29) is 17.5 Å². The molecule has 4 rings (SSSR count). The Hall–Kier alpha value is -3.47. The molecule has 0 atom stereocenters. The molecule has 128 valence electrons. The number of aromatic nitrogens is 1. The molecule has 0 N–H and O–H groups in total. The number of nitrogens with zero attached hydrogens (tertiary/aromatic N) is 2. The predicted molar refractivity (Wildman–Crippen MR) is 100 cm³/mol. The number of hydrogen-bond acceptors (Lipinski definition) is 4. The van der Waals surface area contributed by atoms with E-state index in [9.17, 15) is 9.59 Å². The molecular weight excluding hydrogens is 328 g/mol. The van der Waals surface area contributed by atoms with Crippen LogP contribution in [0.2, 0.25) is 0 Å². The van der Waals surface area contributed by atoms with Gasteiger partial charge in [0.05, 0.1) is 11.2 Å². The molecule has 0 saturated carbocycles. The van der Waals surface area contributed by atoms with Crippen LogP contribution in [0.4, 0.5) is 0 Å². The van der Waals surface area contributed by atoms with E-state index >= 15 is 0 Å². The summed E-state index contributed by atoms with van der Waals surface area (Å²) in [6, 6.07) is 17.0. The molecule has 0 fully saturated rings. The summed E-state index contributed by atoms with van der Waals surface area (Å²) in [5.74, 6) is -0.389. The van der Waals surface area contributed by atoms with Crippen LogP contribution in [0.15, 0.2) is 65.3 Å². The highest BCUT2D eigenvalue weighted by molar-refractivity contribution is 6.13. The molecule has 0 unspecified atom stereocenters. The summed E-state index contributed by atoms with van der Waals surface area (Å²) in [7, 11) is 0. The van der Waals surface area contributed by atoms with Crippen molar-refractivity contribution >= 4 is 34.8 Å². The zero-order valence-electron chi connectivity index (χ0n) is 14.4. The standard InChI is InChI=1S/C21H16N2O3/c1-13-7-9-15(10-8-13)20-22-18(21(25)26-20)12-17-11-16-5-3-4-6-19(16)23(17)14(2)24/h3-12H,1-2H3/b18-12-. The van der Waals surface area contributed by atoms with Gasteiger partial charge in [-0.1, -0.05) is 35.9 Å². The SMILES string of the molecule is CC(=O)n1c(/C=C2\N=C(c3ccc(C)cc3)OC2=O)cc2ccccc21. The number of rotatable bonds is 2. The fourth-order valence-corrected chi connectivity index (χ4v) is 3.00. The smallest absolute Gasteiger partial charge is 0.363 e. The van der Waals surface area contributed by atoms with Gasteiger partial charge in [0.15, 0.2) is 5.70 Å². The van der Waals surface area contributed by atoms with Crippen LogP contribution in [0, 0.1) is 6.92 Å². The van der Waals surface area contributed by atoms with Crippen molar-refractivity contribution in [3.63, 3.8) is 0 Å². The number of benzene rings is 2. The molecule has 0 amide bonds. The van der Waals surface area contributed by atoms with Gasteiger partial charge in [-0.05, 0) is 37.3 Å². The maximum Gasteiger partial charge on any atom is 0.363 e. The average Bonchev–Trinajstić information content (AvgIpc) is 3.16. The highest BCUT2D eigenvalue weighted by atomic mass is 16.6. The molecule has 5 heteroatoms. The summed E-state index contributed by atoms with van der Waals surface area (Å²) in [5.41, 5.74) is 3.41. The van der Waals surface area contributed by atoms with Gasteiger partial charge in [-0.2, -0.15) is 0 Å². The van der Waals surface area contributed by atoms with Gasteiger partial charge in [0, 0.05) is 17.9 Å². The molecule has 0 aliphatic carbocycles. The minimum absolute atomic E-state index is 0.132. The quantitative estimate of drug-likeness (QED) is 0.522. The van der Waals surface area contributed by atoms with Crippen LogP contribution >= 0.6 is 0 Å². The predicted octanol–water partition coefficient (Wildman–Crippen LogP) is 3.95. The second-order valence-electron chi connectivity index (χ2n) is 6.18. The lowest BCUT2D eigenvalue weighted by atomic mass is 10.1. The van der Waals surface area contributed by atoms with Gasteiger partial charge in [0.1, 0.15) is 0 Å². The first-order valence-electron chi connectivity index (χ1n) is 8.24. The van der Waals surface area contributed by atoms with Gasteiger partial charge in [-0.3, -0.25) is 9.36 Å². The lowest BCUT2D eigenvalue weighted by Gasteiger charge is -2.02. The number of fused-ring (bicyclic) bond motifs is 1. The maximum absolute atomic E-state index is 12.2. The highest BCUT2D eigenvalue weighted by Crippen LogP contribution is 2.24. The largest absolute Gasteiger partial charge is 0.402 e. The number of esters is 1. The number of cyclic esters (lactones) is 1. The Bertz CT molecular complexity index is 1100. The molecule has 0 bridgehead atoms. The van der Waals surface area contributed by atoms with Crippen molar-refractivity contribution < 1.29 is 14.3 Å². The van der Waals surface area contributed by atoms with E-state index in [2.05, 4.69) is 4.99 Å². The summed E-state index contributed by atoms with van der Waals surface area (Å²) in [4.78, 5) is 28.6. The Balaban J connectivity index is 1.80. The minimum Gasteiger partial charge on any atom is -0.402 e. The molecule has 0 saturated heterocycles. The van der Waals surface area contributed by atoms with E-state index < -0.39 is 5.97 Å². The van der Waals surface area contributed by atoms with Crippen LogP contribution in [-0.2, 0) is 9.53 Å². The van der Waals surface area contributed by atoms with E-state index in [0.29, 0.717) is 5.69 Å². The van der Waals surface area contributed by atoms with E-state index in [0.717, 1.165) is 22.0 Å². The molecule has 5 nitrogen and oxygen atoms in total. The highest BCUT2D eigenvalue weighted by Gasteiger charge is 2.25. The van der Waals surface area contributed by atoms with Crippen molar-refractivity contribution in [2.24, 2.45) is 4.99 Å². The first kappa shape index (κ1) is 16.0. The third-order valence-corrected chi connectivity index (χ3v) is 4.26. The lowest BCUT2D eigenvalue weighted by Crippen LogP contribution is -2.08. The topological polar surface area (TPSA) is 60.7 Å². The van der Waals surface area contributed by atoms with Crippen LogP contribution in [0.3, 0.4) is 0 Å². The first-order valence-corrected chi connectivity index (χ1v) is 8.24. The van der Waals surface area contributed by atoms with Crippen molar-refractivity contribution in [2.75, 3.05) is 0 Å². The van der Waals surface area contributed by atoms with E-state index in [1.54, 1.807) is 10.6 Å². The van der Waals surface area contributed by atoms with E-state index in [4.69, 9.17) is 4.74 Å². The fraction of sp³-hybridized carbons (Fsp3) is 0.0952. The Morgan fingerprint density at radius 3 is 2.58 bits per heavy atom. The fourth-order valence-electron chi connectivity index (χ4n) is 3.00. The summed E-state index contributed by atoms with van der Waals surface area (Å²) in [6.07, 6.45) is 1.59. The molecule has 26 heavy (non-hydrogen) atoms. The molecule has 1 aliphatic heterocycles. The number of carbonyl (C=O) groups is 2. The Kier molecular flexibility index (Phi) is 3.77. The number of carbonyl (C=O) groups excluding carboxylic acids is 2. The van der Waals surface area contributed by atoms with Crippen molar-refractivity contribution in [3.8, 4) is 0 Å². The third-order valence-electron chi connectivity index (χ3n) is 4.26. The van der Waals surface area contributed by atoms with Gasteiger partial charge in [0.25, 0.3) is 0 Å². The Labute approximate surface area is 150 Å². The van der Waals surface area contributed by atoms with Crippen LogP contribution in [0.1, 0.15) is 28.5 Å². The molecule has 1 aliphatic rings. The monoisotopic (exact) mass is 344 g/mol. The second-order valence-corrected chi connectivity index (χ2v) is 6.18. The maximum atomic E-state index is 12.2. The Morgan fingerprint density at radius 2 is 1.85 bits per heavy atom. The molecule has 2 aromatic carbocycles.